The highest BCUT2D eigenvalue weighted by Crippen LogP contribution is 2.41. The first kappa shape index (κ1) is 23.1. The lowest BCUT2D eigenvalue weighted by Crippen LogP contribution is -2.32. The summed E-state index contributed by atoms with van der Waals surface area (Å²) in [5.74, 6) is -1.70. The van der Waals surface area contributed by atoms with Crippen molar-refractivity contribution in [1.82, 2.24) is 9.97 Å². The SMILES string of the molecule is NS(=O)(=O)c1ccc(-c2nc(C(F)(F)F)nc(N3CCCCC3)c2-c2ccc(F)cc2)cc1. The van der Waals surface area contributed by atoms with E-state index in [1.165, 1.54) is 48.5 Å². The Bertz CT molecular complexity index is 1260. The van der Waals surface area contributed by atoms with Gasteiger partial charge in [-0.1, -0.05) is 24.3 Å². The number of primary sulfonamides is 1. The van der Waals surface area contributed by atoms with Gasteiger partial charge in [0.05, 0.1) is 16.2 Å². The predicted octanol–water partition coefficient (Wildman–Crippen LogP) is 4.61. The number of alkyl halides is 3. The molecule has 0 radical (unpaired) electrons. The molecule has 1 fully saturated rings. The van der Waals surface area contributed by atoms with E-state index in [-0.39, 0.29) is 22.0 Å². The quantitative estimate of drug-likeness (QED) is 0.551. The van der Waals surface area contributed by atoms with Crippen molar-refractivity contribution in [2.24, 2.45) is 5.14 Å². The van der Waals surface area contributed by atoms with Crippen LogP contribution in [-0.2, 0) is 16.2 Å². The summed E-state index contributed by atoms with van der Waals surface area (Å²) in [7, 11) is -3.99. The Labute approximate surface area is 188 Å². The van der Waals surface area contributed by atoms with Crippen LogP contribution in [0.3, 0.4) is 0 Å². The zero-order chi connectivity index (χ0) is 23.8. The van der Waals surface area contributed by atoms with Crippen LogP contribution in [0.25, 0.3) is 22.4 Å². The highest BCUT2D eigenvalue weighted by Gasteiger charge is 2.37. The van der Waals surface area contributed by atoms with Crippen molar-refractivity contribution in [2.45, 2.75) is 30.3 Å². The van der Waals surface area contributed by atoms with Gasteiger partial charge in [-0.15, -0.1) is 0 Å². The lowest BCUT2D eigenvalue weighted by molar-refractivity contribution is -0.144. The molecule has 6 nitrogen and oxygen atoms in total. The Hall–Kier alpha value is -3.05. The van der Waals surface area contributed by atoms with Gasteiger partial charge in [-0.2, -0.15) is 13.2 Å². The lowest BCUT2D eigenvalue weighted by Gasteiger charge is -2.31. The van der Waals surface area contributed by atoms with Crippen molar-refractivity contribution in [1.29, 1.82) is 0 Å². The first-order valence-corrected chi connectivity index (χ1v) is 11.7. The van der Waals surface area contributed by atoms with Gasteiger partial charge in [0.15, 0.2) is 0 Å². The molecule has 0 saturated carbocycles. The average molecular weight is 480 g/mol. The van der Waals surface area contributed by atoms with Gasteiger partial charge in [0.25, 0.3) is 0 Å². The molecule has 1 aromatic heterocycles. The molecule has 11 heteroatoms. The fraction of sp³-hybridized carbons (Fsp3) is 0.273. The maximum Gasteiger partial charge on any atom is 0.451 e. The Morgan fingerprint density at radius 1 is 0.848 bits per heavy atom. The van der Waals surface area contributed by atoms with Gasteiger partial charge in [0, 0.05) is 18.7 Å². The van der Waals surface area contributed by atoms with Crippen LogP contribution in [0.2, 0.25) is 0 Å². The van der Waals surface area contributed by atoms with Gasteiger partial charge in [0.1, 0.15) is 11.6 Å². The molecule has 0 aliphatic carbocycles. The Morgan fingerprint density at radius 2 is 1.42 bits per heavy atom. The molecule has 1 aliphatic rings. The minimum atomic E-state index is -4.80. The molecular weight excluding hydrogens is 460 g/mol. The third-order valence-corrected chi connectivity index (χ3v) is 6.32. The molecule has 0 amide bonds. The fourth-order valence-electron chi connectivity index (χ4n) is 3.80. The second kappa shape index (κ2) is 8.71. The van der Waals surface area contributed by atoms with E-state index < -0.39 is 27.8 Å². The molecule has 1 aliphatic heterocycles. The van der Waals surface area contributed by atoms with Crippen molar-refractivity contribution in [3.63, 3.8) is 0 Å². The van der Waals surface area contributed by atoms with E-state index in [0.717, 1.165) is 19.3 Å². The normalized spacial score (nSPS) is 15.0. The van der Waals surface area contributed by atoms with E-state index in [9.17, 15) is 26.0 Å². The number of hydrogen-bond acceptors (Lipinski definition) is 5. The lowest BCUT2D eigenvalue weighted by atomic mass is 9.98. The minimum absolute atomic E-state index is 0.0366. The number of halogens is 4. The molecule has 0 atom stereocenters. The zero-order valence-electron chi connectivity index (χ0n) is 17.3. The highest BCUT2D eigenvalue weighted by molar-refractivity contribution is 7.89. The summed E-state index contributed by atoms with van der Waals surface area (Å²) >= 11 is 0. The third-order valence-electron chi connectivity index (χ3n) is 5.39. The van der Waals surface area contributed by atoms with E-state index in [1.807, 2.05) is 0 Å². The third kappa shape index (κ3) is 4.98. The topological polar surface area (TPSA) is 89.2 Å². The van der Waals surface area contributed by atoms with Crippen LogP contribution in [0.15, 0.2) is 53.4 Å². The highest BCUT2D eigenvalue weighted by atomic mass is 32.2. The van der Waals surface area contributed by atoms with E-state index in [2.05, 4.69) is 9.97 Å². The monoisotopic (exact) mass is 480 g/mol. The summed E-state index contributed by atoms with van der Waals surface area (Å²) in [5, 5.41) is 5.14. The molecule has 33 heavy (non-hydrogen) atoms. The smallest absolute Gasteiger partial charge is 0.356 e. The summed E-state index contributed by atoms with van der Waals surface area (Å²) in [5.41, 5.74) is 0.961. The molecule has 2 N–H and O–H groups in total. The zero-order valence-corrected chi connectivity index (χ0v) is 18.1. The van der Waals surface area contributed by atoms with Crippen LogP contribution < -0.4 is 10.0 Å². The summed E-state index contributed by atoms with van der Waals surface area (Å²) in [6.45, 7) is 1.04. The standard InChI is InChI=1S/C22H20F4N4O2S/c23-16-8-4-14(5-9-16)18-19(15-6-10-17(11-7-15)33(27,31)32)28-21(22(24,25)26)29-20(18)30-12-2-1-3-13-30/h4-11H,1-3,12-13H2,(H2,27,31,32). The number of nitrogens with zero attached hydrogens (tertiary/aromatic N) is 3. The van der Waals surface area contributed by atoms with Gasteiger partial charge < -0.3 is 4.90 Å². The maximum absolute atomic E-state index is 13.7. The molecule has 2 aromatic carbocycles. The number of rotatable bonds is 4. The number of nitrogens with two attached hydrogens (primary N) is 1. The minimum Gasteiger partial charge on any atom is -0.356 e. The van der Waals surface area contributed by atoms with Gasteiger partial charge >= 0.3 is 6.18 Å². The van der Waals surface area contributed by atoms with E-state index >= 15 is 0 Å². The molecule has 4 rings (SSSR count). The number of sulfonamides is 1. The molecule has 1 saturated heterocycles. The van der Waals surface area contributed by atoms with Crippen molar-refractivity contribution in [3.8, 4) is 22.4 Å². The van der Waals surface area contributed by atoms with Gasteiger partial charge in [-0.25, -0.2) is 27.9 Å². The second-order valence-electron chi connectivity index (χ2n) is 7.72. The summed E-state index contributed by atoms with van der Waals surface area (Å²) in [6, 6.07) is 10.4. The predicted molar refractivity (Wildman–Crippen MR) is 115 cm³/mol. The summed E-state index contributed by atoms with van der Waals surface area (Å²) < 4.78 is 78.1. The van der Waals surface area contributed by atoms with Gasteiger partial charge in [-0.3, -0.25) is 0 Å². The molecule has 2 heterocycles. The molecule has 3 aromatic rings. The van der Waals surface area contributed by atoms with Crippen LogP contribution in [0, 0.1) is 5.82 Å². The first-order chi connectivity index (χ1) is 15.5. The maximum atomic E-state index is 13.7. The Kier molecular flexibility index (Phi) is 6.10. The summed E-state index contributed by atoms with van der Waals surface area (Å²) in [4.78, 5) is 9.31. The van der Waals surface area contributed by atoms with Crippen molar-refractivity contribution >= 4 is 15.8 Å². The summed E-state index contributed by atoms with van der Waals surface area (Å²) in [6.07, 6.45) is -2.25. The Balaban J connectivity index is 2.00. The first-order valence-electron chi connectivity index (χ1n) is 10.2. The molecule has 0 spiro atoms. The van der Waals surface area contributed by atoms with E-state index in [0.29, 0.717) is 24.2 Å². The van der Waals surface area contributed by atoms with Crippen LogP contribution in [0.1, 0.15) is 25.1 Å². The van der Waals surface area contributed by atoms with E-state index in [1.54, 1.807) is 4.90 Å². The molecule has 174 valence electrons. The van der Waals surface area contributed by atoms with Gasteiger partial charge in [-0.05, 0) is 49.1 Å². The van der Waals surface area contributed by atoms with Crippen molar-refractivity contribution in [2.75, 3.05) is 18.0 Å². The van der Waals surface area contributed by atoms with Crippen LogP contribution >= 0.6 is 0 Å². The molecule has 0 bridgehead atoms. The van der Waals surface area contributed by atoms with Crippen LogP contribution in [-0.4, -0.2) is 31.5 Å². The second-order valence-corrected chi connectivity index (χ2v) is 9.28. The Morgan fingerprint density at radius 3 is 1.97 bits per heavy atom. The number of aromatic nitrogens is 2. The van der Waals surface area contributed by atoms with Gasteiger partial charge in [0.2, 0.25) is 15.8 Å². The van der Waals surface area contributed by atoms with Crippen molar-refractivity contribution in [3.05, 3.63) is 60.2 Å². The average Bonchev–Trinajstić information content (AvgIpc) is 2.78. The van der Waals surface area contributed by atoms with Crippen LogP contribution in [0.5, 0.6) is 0 Å². The number of piperidine rings is 1. The molecular formula is C22H20F4N4O2S. The largest absolute Gasteiger partial charge is 0.451 e. The number of anilines is 1. The number of hydrogen-bond donors (Lipinski definition) is 1. The van der Waals surface area contributed by atoms with E-state index in [4.69, 9.17) is 5.14 Å². The van der Waals surface area contributed by atoms with Crippen LogP contribution in [0.4, 0.5) is 23.4 Å². The number of benzene rings is 2. The fourth-order valence-corrected chi connectivity index (χ4v) is 4.32. The molecule has 0 unspecified atom stereocenters. The van der Waals surface area contributed by atoms with Crippen molar-refractivity contribution < 1.29 is 26.0 Å².